The second-order valence-corrected chi connectivity index (χ2v) is 33.1. The number of nitrogens with zero attached hydrogens (tertiary/aromatic N) is 2. The van der Waals surface area contributed by atoms with Crippen molar-refractivity contribution in [1.82, 2.24) is 9.55 Å². The number of furan rings is 1. The van der Waals surface area contributed by atoms with Gasteiger partial charge in [0.2, 0.25) is 0 Å². The van der Waals surface area contributed by atoms with Crippen LogP contribution in [-0.4, -0.2) is 30.9 Å². The summed E-state index contributed by atoms with van der Waals surface area (Å²) in [5, 5.41) is 3.93. The van der Waals surface area contributed by atoms with Gasteiger partial charge in [0, 0.05) is 5.39 Å². The van der Waals surface area contributed by atoms with Gasteiger partial charge in [0.1, 0.15) is 5.58 Å². The maximum atomic E-state index is 6.84. The van der Waals surface area contributed by atoms with Gasteiger partial charge in [-0.2, -0.15) is 0 Å². The van der Waals surface area contributed by atoms with Gasteiger partial charge in [-0.15, -0.1) is 0 Å². The molecular weight excluding hydrogens is 721 g/mol. The summed E-state index contributed by atoms with van der Waals surface area (Å²) in [5.74, 6) is 6.76. The predicted octanol–water partition coefficient (Wildman–Crippen LogP) is 12.6. The molecule has 5 heteroatoms. The van der Waals surface area contributed by atoms with Crippen molar-refractivity contribution in [2.24, 2.45) is 0 Å². The van der Waals surface area contributed by atoms with Gasteiger partial charge in [-0.25, -0.2) is 0 Å². The molecular formula is C48H48GeN2OSi. The van der Waals surface area contributed by atoms with E-state index in [1.165, 1.54) is 38.4 Å². The Morgan fingerprint density at radius 2 is 1.34 bits per heavy atom. The van der Waals surface area contributed by atoms with Crippen LogP contribution >= 0.6 is 0 Å². The summed E-state index contributed by atoms with van der Waals surface area (Å²) in [5.41, 5.74) is 13.8. The van der Waals surface area contributed by atoms with Crippen LogP contribution in [0.5, 0.6) is 0 Å². The van der Waals surface area contributed by atoms with E-state index in [1.54, 1.807) is 9.58 Å². The van der Waals surface area contributed by atoms with Crippen LogP contribution in [0.3, 0.4) is 0 Å². The zero-order valence-electron chi connectivity index (χ0n) is 32.2. The second-order valence-electron chi connectivity index (χ2n) is 17.1. The molecule has 0 spiro atoms. The molecule has 6 aromatic carbocycles. The normalized spacial score (nSPS) is 15.0. The van der Waals surface area contributed by atoms with Gasteiger partial charge in [-0.05, 0) is 23.3 Å². The quantitative estimate of drug-likeness (QED) is 0.158. The summed E-state index contributed by atoms with van der Waals surface area (Å²) in [6.45, 7) is 14.5. The molecule has 3 heterocycles. The molecule has 1 aliphatic heterocycles. The van der Waals surface area contributed by atoms with Gasteiger partial charge >= 0.3 is 242 Å². The first-order valence-corrected chi connectivity index (χ1v) is 29.2. The van der Waals surface area contributed by atoms with Gasteiger partial charge in [0.05, 0.1) is 0 Å². The topological polar surface area (TPSA) is 31.0 Å². The molecule has 0 atom stereocenters. The number of benzene rings is 6. The van der Waals surface area contributed by atoms with E-state index < -0.39 is 21.3 Å². The average Bonchev–Trinajstić information content (AvgIpc) is 3.77. The van der Waals surface area contributed by atoms with E-state index in [0.29, 0.717) is 11.8 Å². The van der Waals surface area contributed by atoms with Gasteiger partial charge in [-0.3, -0.25) is 0 Å². The number of para-hydroxylation sites is 3. The molecule has 0 aliphatic carbocycles. The summed E-state index contributed by atoms with van der Waals surface area (Å²) in [7, 11) is -1.37. The first-order chi connectivity index (χ1) is 25.4. The van der Waals surface area contributed by atoms with Crippen molar-refractivity contribution in [3.05, 3.63) is 132 Å². The Morgan fingerprint density at radius 3 is 2.08 bits per heavy atom. The van der Waals surface area contributed by atoms with E-state index in [0.717, 1.165) is 49.9 Å². The molecule has 2 aromatic heterocycles. The minimum absolute atomic E-state index is 0.296. The van der Waals surface area contributed by atoms with Crippen LogP contribution in [0, 0.1) is 0 Å². The Bertz CT molecular complexity index is 2690. The van der Waals surface area contributed by atoms with Crippen LogP contribution in [0.1, 0.15) is 50.7 Å². The number of fused-ring (bicyclic) bond motifs is 5. The Labute approximate surface area is 317 Å². The van der Waals surface area contributed by atoms with Crippen LogP contribution in [0.25, 0.3) is 72.3 Å². The summed E-state index contributed by atoms with van der Waals surface area (Å²) in [4.78, 5) is 6.90. The third-order valence-corrected chi connectivity index (χ3v) is 31.0. The fourth-order valence-electron chi connectivity index (χ4n) is 9.37. The van der Waals surface area contributed by atoms with Gasteiger partial charge < -0.3 is 0 Å². The number of aromatic nitrogens is 2. The van der Waals surface area contributed by atoms with Crippen LogP contribution in [0.2, 0.25) is 29.5 Å². The molecule has 0 amide bonds. The number of rotatable bonds is 6. The van der Waals surface area contributed by atoms with Crippen molar-refractivity contribution < 1.29 is 4.42 Å². The van der Waals surface area contributed by atoms with Crippen molar-refractivity contribution in [2.75, 3.05) is 0 Å². The molecule has 53 heavy (non-hydrogen) atoms. The van der Waals surface area contributed by atoms with Crippen molar-refractivity contribution in [3.8, 4) is 39.3 Å². The molecule has 0 fully saturated rings. The average molecular weight is 770 g/mol. The Balaban J connectivity index is 1.28. The summed E-state index contributed by atoms with van der Waals surface area (Å²) in [6, 6.07) is 44.7. The third kappa shape index (κ3) is 5.56. The summed E-state index contributed by atoms with van der Waals surface area (Å²) in [6.07, 6.45) is 0. The molecule has 1 aliphatic rings. The number of hydrogen-bond donors (Lipinski definition) is 0. The monoisotopic (exact) mass is 770 g/mol. The van der Waals surface area contributed by atoms with Crippen molar-refractivity contribution >= 4 is 63.9 Å². The van der Waals surface area contributed by atoms with Crippen LogP contribution in [-0.2, 0) is 0 Å². The molecule has 0 bridgehead atoms. The zero-order valence-corrected chi connectivity index (χ0v) is 35.3. The maximum absolute atomic E-state index is 6.84. The Kier molecular flexibility index (Phi) is 8.03. The Hall–Kier alpha value is -4.65. The van der Waals surface area contributed by atoms with Gasteiger partial charge in [0.25, 0.3) is 0 Å². The summed E-state index contributed by atoms with van der Waals surface area (Å²) >= 11 is -2.06. The fraction of sp³-hybridized carbons (Fsp3) is 0.229. The summed E-state index contributed by atoms with van der Waals surface area (Å²) < 4.78 is 11.0. The molecule has 0 N–H and O–H groups in total. The Morgan fingerprint density at radius 1 is 0.660 bits per heavy atom. The van der Waals surface area contributed by atoms with E-state index in [9.17, 15) is 0 Å². The molecule has 9 rings (SSSR count). The molecule has 0 saturated carbocycles. The van der Waals surface area contributed by atoms with Crippen molar-refractivity contribution in [2.45, 2.75) is 69.0 Å². The van der Waals surface area contributed by atoms with Crippen molar-refractivity contribution in [3.63, 3.8) is 0 Å². The van der Waals surface area contributed by atoms with E-state index in [4.69, 9.17) is 9.40 Å². The SMILES string of the molecule is CC(C)c1cc(-c2ccc3[c](c2)[Ge]([CH3])([CH3])[CH2][Si]3(C)C)cc(C(C)C)c1-n1c(-c2cccc3c2oc2cc(-c4ccccc4)ccc23)nc2ccccc21. The van der Waals surface area contributed by atoms with Gasteiger partial charge in [0.15, 0.2) is 0 Å². The minimum atomic E-state index is -2.06. The van der Waals surface area contributed by atoms with E-state index >= 15 is 0 Å². The molecule has 3 nitrogen and oxygen atoms in total. The third-order valence-electron chi connectivity index (χ3n) is 11.7. The van der Waals surface area contributed by atoms with Gasteiger partial charge in [-0.1, -0.05) is 42.5 Å². The van der Waals surface area contributed by atoms with E-state index in [2.05, 4.69) is 178 Å². The molecule has 264 valence electrons. The van der Waals surface area contributed by atoms with Crippen LogP contribution in [0.4, 0.5) is 0 Å². The second kappa shape index (κ2) is 12.5. The molecule has 0 saturated heterocycles. The van der Waals surface area contributed by atoms with Crippen molar-refractivity contribution in [1.29, 1.82) is 0 Å². The standard InChI is InChI=1S/C48H48GeN2OSi/c1-30(2)39-25-35(33-22-24-45-41(27-33)49(5,6)29-53(45,7)8)26-40(31(3)4)46(39)51-43-20-13-12-19-42(43)50-48(51)38-18-14-17-37-36-23-21-34(28-44(36)52-47(37)38)32-15-10-9-11-16-32/h9-28,30-31H,29H2,1-8H3. The molecule has 0 unspecified atom stereocenters. The first kappa shape index (κ1) is 34.1. The predicted molar refractivity (Wildman–Crippen MR) is 232 cm³/mol. The molecule has 8 aromatic rings. The fourth-order valence-corrected chi connectivity index (χ4v) is 36.3. The molecule has 0 radical (unpaired) electrons. The first-order valence-electron chi connectivity index (χ1n) is 19.2. The van der Waals surface area contributed by atoms with Crippen LogP contribution in [0.15, 0.2) is 126 Å². The van der Waals surface area contributed by atoms with Crippen LogP contribution < -0.4 is 9.58 Å². The number of hydrogen-bond acceptors (Lipinski definition) is 2. The van der Waals surface area contributed by atoms with E-state index in [-0.39, 0.29) is 0 Å². The van der Waals surface area contributed by atoms with E-state index in [1.807, 2.05) is 0 Å². The zero-order chi connectivity index (χ0) is 36.8. The number of imidazole rings is 1.